The third-order valence-corrected chi connectivity index (χ3v) is 6.45. The van der Waals surface area contributed by atoms with E-state index in [0.29, 0.717) is 19.1 Å². The molecule has 0 amide bonds. The van der Waals surface area contributed by atoms with Crippen molar-refractivity contribution in [2.75, 3.05) is 33.0 Å². The van der Waals surface area contributed by atoms with Gasteiger partial charge in [-0.15, -0.1) is 0 Å². The number of hydrogen-bond donors (Lipinski definition) is 0. The lowest BCUT2D eigenvalue weighted by atomic mass is 9.92. The van der Waals surface area contributed by atoms with E-state index in [2.05, 4.69) is 59.3 Å². The van der Waals surface area contributed by atoms with Crippen molar-refractivity contribution >= 4 is 0 Å². The average molecular weight is 450 g/mol. The van der Waals surface area contributed by atoms with Gasteiger partial charge in [-0.3, -0.25) is 4.84 Å². The summed E-state index contributed by atoms with van der Waals surface area (Å²) in [4.78, 5) is 6.67. The Balaban J connectivity index is 1.68. The summed E-state index contributed by atoms with van der Waals surface area (Å²) in [7, 11) is 0. The van der Waals surface area contributed by atoms with E-state index in [-0.39, 0.29) is 23.3 Å². The average Bonchev–Trinajstić information content (AvgIpc) is 3.55. The third kappa shape index (κ3) is 6.75. The molecule has 0 bridgehead atoms. The molecule has 3 saturated heterocycles. The normalized spacial score (nSPS) is 33.9. The van der Waals surface area contributed by atoms with E-state index in [0.717, 1.165) is 44.7 Å². The zero-order valence-electron chi connectivity index (χ0n) is 20.9. The molecule has 0 aromatic carbocycles. The maximum absolute atomic E-state index is 6.67. The van der Waals surface area contributed by atoms with Crippen LogP contribution in [0.1, 0.15) is 60.8 Å². The number of allylic oxidation sites excluding steroid dienone is 2. The molecule has 6 nitrogen and oxygen atoms in total. The summed E-state index contributed by atoms with van der Waals surface area (Å²) in [5.74, 6) is -0.0942. The lowest BCUT2D eigenvalue weighted by Gasteiger charge is -2.48. The Kier molecular flexibility index (Phi) is 8.40. The minimum atomic E-state index is -0.531. The molecule has 3 aliphatic rings. The quantitative estimate of drug-likeness (QED) is 0.286. The topological polar surface area (TPSA) is 52.7 Å². The lowest BCUT2D eigenvalue weighted by molar-refractivity contribution is -0.312. The smallest absolute Gasteiger partial charge is 0.170 e. The van der Waals surface area contributed by atoms with Crippen LogP contribution in [0.2, 0.25) is 0 Å². The molecule has 0 radical (unpaired) electrons. The summed E-state index contributed by atoms with van der Waals surface area (Å²) >= 11 is 0. The molecule has 6 heteroatoms. The van der Waals surface area contributed by atoms with Gasteiger partial charge in [0.2, 0.25) is 0 Å². The fraction of sp³-hybridized carbons (Fsp3) is 0.769. The zero-order valence-corrected chi connectivity index (χ0v) is 20.9. The van der Waals surface area contributed by atoms with Gasteiger partial charge in [-0.1, -0.05) is 37.8 Å². The Morgan fingerprint density at radius 2 is 1.81 bits per heavy atom. The summed E-state index contributed by atoms with van der Waals surface area (Å²) in [5.41, 5.74) is 0.606. The van der Waals surface area contributed by atoms with E-state index >= 15 is 0 Å². The number of hydrogen-bond acceptors (Lipinski definition) is 6. The van der Waals surface area contributed by atoms with Gasteiger partial charge in [0.25, 0.3) is 0 Å². The minimum absolute atomic E-state index is 0.142. The molecule has 0 aromatic rings. The van der Waals surface area contributed by atoms with Crippen molar-refractivity contribution < 1.29 is 23.8 Å². The predicted octanol–water partition coefficient (Wildman–Crippen LogP) is 4.81. The Morgan fingerprint density at radius 1 is 1.12 bits per heavy atom. The van der Waals surface area contributed by atoms with Crippen LogP contribution in [-0.2, 0) is 23.8 Å². The molecule has 0 aliphatic carbocycles. The van der Waals surface area contributed by atoms with E-state index < -0.39 is 5.79 Å². The summed E-state index contributed by atoms with van der Waals surface area (Å²) < 4.78 is 23.4. The lowest BCUT2D eigenvalue weighted by Crippen LogP contribution is -2.57. The van der Waals surface area contributed by atoms with Crippen molar-refractivity contribution in [3.05, 3.63) is 36.5 Å². The molecular weight excluding hydrogens is 406 g/mol. The maximum atomic E-state index is 6.67. The molecule has 3 fully saturated rings. The molecule has 3 heterocycles. The van der Waals surface area contributed by atoms with Gasteiger partial charge < -0.3 is 18.9 Å². The van der Waals surface area contributed by atoms with Gasteiger partial charge in [0.15, 0.2) is 5.79 Å². The van der Waals surface area contributed by atoms with Crippen LogP contribution < -0.4 is 0 Å². The van der Waals surface area contributed by atoms with E-state index in [1.807, 2.05) is 12.2 Å². The van der Waals surface area contributed by atoms with Crippen molar-refractivity contribution in [1.82, 2.24) is 5.06 Å². The minimum Gasteiger partial charge on any atom is -0.375 e. The fourth-order valence-electron chi connectivity index (χ4n) is 4.74. The highest BCUT2D eigenvalue weighted by atomic mass is 16.7. The molecule has 32 heavy (non-hydrogen) atoms. The largest absolute Gasteiger partial charge is 0.375 e. The molecular formula is C26H43NO5. The molecule has 0 aromatic heterocycles. The first kappa shape index (κ1) is 25.6. The summed E-state index contributed by atoms with van der Waals surface area (Å²) in [5, 5.41) is 2.18. The van der Waals surface area contributed by atoms with Crippen LogP contribution in [0.3, 0.4) is 0 Å². The molecule has 182 valence electrons. The molecule has 0 N–H and O–H groups in total. The number of epoxide rings is 1. The van der Waals surface area contributed by atoms with Crippen LogP contribution in [0.5, 0.6) is 0 Å². The first-order valence-electron chi connectivity index (χ1n) is 12.0. The van der Waals surface area contributed by atoms with Crippen LogP contribution in [0.25, 0.3) is 0 Å². The van der Waals surface area contributed by atoms with Crippen LogP contribution in [-0.4, -0.2) is 67.2 Å². The number of nitrogens with zero attached hydrogens (tertiary/aromatic N) is 1. The third-order valence-electron chi connectivity index (χ3n) is 6.45. The van der Waals surface area contributed by atoms with Gasteiger partial charge in [-0.25, -0.2) is 0 Å². The van der Waals surface area contributed by atoms with E-state index in [4.69, 9.17) is 23.8 Å². The van der Waals surface area contributed by atoms with Crippen molar-refractivity contribution in [3.8, 4) is 0 Å². The molecule has 1 spiro atoms. The zero-order chi connectivity index (χ0) is 23.4. The Labute approximate surface area is 194 Å². The van der Waals surface area contributed by atoms with Gasteiger partial charge in [0, 0.05) is 29.8 Å². The first-order valence-corrected chi connectivity index (χ1v) is 12.0. The predicted molar refractivity (Wildman–Crippen MR) is 126 cm³/mol. The van der Waals surface area contributed by atoms with E-state index in [9.17, 15) is 0 Å². The van der Waals surface area contributed by atoms with Crippen molar-refractivity contribution in [1.29, 1.82) is 0 Å². The Bertz CT molecular complexity index is 686. The summed E-state index contributed by atoms with van der Waals surface area (Å²) in [6.07, 6.45) is 10.6. The first-order chi connectivity index (χ1) is 15.1. The summed E-state index contributed by atoms with van der Waals surface area (Å²) in [6, 6.07) is 0. The van der Waals surface area contributed by atoms with Gasteiger partial charge in [0.1, 0.15) is 12.2 Å². The van der Waals surface area contributed by atoms with Crippen molar-refractivity contribution in [3.63, 3.8) is 0 Å². The van der Waals surface area contributed by atoms with E-state index in [1.165, 1.54) is 0 Å². The SMILES string of the molecule is C=C/C=C(\C=C/COCC1CO1)C(C)ON1C(C)(C)CCC2(CC1(C)C)OCC(C)CO2. The van der Waals surface area contributed by atoms with Crippen LogP contribution in [0.15, 0.2) is 36.5 Å². The fourth-order valence-corrected chi connectivity index (χ4v) is 4.74. The van der Waals surface area contributed by atoms with Crippen LogP contribution in [0.4, 0.5) is 0 Å². The van der Waals surface area contributed by atoms with Gasteiger partial charge in [-0.2, -0.15) is 5.06 Å². The number of rotatable bonds is 9. The molecule has 2 atom stereocenters. The second kappa shape index (κ2) is 10.5. The highest BCUT2D eigenvalue weighted by Crippen LogP contribution is 2.45. The van der Waals surface area contributed by atoms with Gasteiger partial charge in [0.05, 0.1) is 33.0 Å². The second-order valence-electron chi connectivity index (χ2n) is 10.8. The Hall–Kier alpha value is -1.02. The van der Waals surface area contributed by atoms with Crippen molar-refractivity contribution in [2.24, 2.45) is 5.92 Å². The van der Waals surface area contributed by atoms with Crippen LogP contribution in [0, 0.1) is 5.92 Å². The molecule has 0 saturated carbocycles. The molecule has 2 unspecified atom stereocenters. The highest BCUT2D eigenvalue weighted by molar-refractivity contribution is 5.26. The monoisotopic (exact) mass is 449 g/mol. The highest BCUT2D eigenvalue weighted by Gasteiger charge is 2.52. The van der Waals surface area contributed by atoms with Crippen LogP contribution >= 0.6 is 0 Å². The summed E-state index contributed by atoms with van der Waals surface area (Å²) in [6.45, 7) is 20.6. The number of ether oxygens (including phenoxy) is 4. The maximum Gasteiger partial charge on any atom is 0.170 e. The standard InChI is InChI=1S/C26H43NO5/c1-8-10-22(11-9-14-28-17-23-18-29-23)21(3)32-27-24(4,5)12-13-26(19-25(27,6)7)30-15-20(2)16-31-26/h8-11,20-21,23H,1,12-19H2,2-7H3/b11-9-,22-10+. The van der Waals surface area contributed by atoms with Crippen molar-refractivity contribution in [2.45, 2.75) is 89.9 Å². The Morgan fingerprint density at radius 3 is 2.44 bits per heavy atom. The van der Waals surface area contributed by atoms with E-state index in [1.54, 1.807) is 6.08 Å². The number of hydroxylamine groups is 2. The van der Waals surface area contributed by atoms with Gasteiger partial charge >= 0.3 is 0 Å². The van der Waals surface area contributed by atoms with Gasteiger partial charge in [-0.05, 0) is 46.6 Å². The molecule has 3 aliphatic heterocycles. The molecule has 3 rings (SSSR count). The second-order valence-corrected chi connectivity index (χ2v) is 10.8.